The van der Waals surface area contributed by atoms with Crippen molar-refractivity contribution in [2.75, 3.05) is 7.11 Å². The van der Waals surface area contributed by atoms with Gasteiger partial charge in [0.2, 0.25) is 0 Å². The molecular weight excluding hydrogens is 367 g/mol. The number of thiazole rings is 1. The molecule has 7 heteroatoms. The molecule has 0 aliphatic heterocycles. The maximum absolute atomic E-state index is 13.0. The molecule has 3 rings (SSSR count). The van der Waals surface area contributed by atoms with E-state index in [1.165, 1.54) is 30.6 Å². The average molecular weight is 386 g/mol. The van der Waals surface area contributed by atoms with Gasteiger partial charge in [0, 0.05) is 0 Å². The van der Waals surface area contributed by atoms with Gasteiger partial charge in [0.05, 0.1) is 23.7 Å². The number of rotatable bonds is 4. The molecule has 0 saturated heterocycles. The number of esters is 1. The number of aromatic nitrogens is 1. The van der Waals surface area contributed by atoms with Gasteiger partial charge in [0.25, 0.3) is 5.91 Å². The minimum atomic E-state index is -0.416. The van der Waals surface area contributed by atoms with Crippen LogP contribution in [0.4, 0.5) is 4.39 Å². The molecule has 0 fully saturated rings. The Kier molecular flexibility index (Phi) is 5.51. The smallest absolute Gasteiger partial charge is 0.325 e. The number of hydrogen-bond acceptors (Lipinski definition) is 4. The van der Waals surface area contributed by atoms with Crippen LogP contribution >= 0.6 is 11.3 Å². The van der Waals surface area contributed by atoms with E-state index in [9.17, 15) is 14.0 Å². The van der Waals surface area contributed by atoms with Gasteiger partial charge >= 0.3 is 5.97 Å². The number of benzene rings is 2. The highest BCUT2D eigenvalue weighted by molar-refractivity contribution is 7.16. The summed E-state index contributed by atoms with van der Waals surface area (Å²) in [4.78, 5) is 28.9. The van der Waals surface area contributed by atoms with Crippen LogP contribution in [0.1, 0.15) is 16.7 Å². The second-order valence-corrected chi connectivity index (χ2v) is 7.27. The van der Waals surface area contributed by atoms with Crippen molar-refractivity contribution >= 4 is 33.4 Å². The summed E-state index contributed by atoms with van der Waals surface area (Å²) >= 11 is 1.35. The Labute approximate surface area is 159 Å². The van der Waals surface area contributed by atoms with E-state index in [4.69, 9.17) is 4.74 Å². The molecule has 1 aromatic heterocycles. The molecule has 0 N–H and O–H groups in total. The van der Waals surface area contributed by atoms with Gasteiger partial charge in [-0.05, 0) is 54.8 Å². The Morgan fingerprint density at radius 2 is 1.81 bits per heavy atom. The summed E-state index contributed by atoms with van der Waals surface area (Å²) in [5.41, 5.74) is 3.72. The molecule has 2 aromatic carbocycles. The van der Waals surface area contributed by atoms with Gasteiger partial charge in [-0.2, -0.15) is 4.99 Å². The molecule has 0 saturated carbocycles. The second kappa shape index (κ2) is 7.84. The third-order valence-corrected chi connectivity index (χ3v) is 5.34. The van der Waals surface area contributed by atoms with E-state index < -0.39 is 5.97 Å². The topological polar surface area (TPSA) is 60.7 Å². The van der Waals surface area contributed by atoms with E-state index in [0.717, 1.165) is 21.3 Å². The Balaban J connectivity index is 2.04. The van der Waals surface area contributed by atoms with Crippen LogP contribution in [-0.2, 0) is 27.3 Å². The van der Waals surface area contributed by atoms with Crippen LogP contribution < -0.4 is 4.80 Å². The minimum Gasteiger partial charge on any atom is -0.468 e. The molecule has 5 nitrogen and oxygen atoms in total. The first-order valence-corrected chi connectivity index (χ1v) is 9.18. The summed E-state index contributed by atoms with van der Waals surface area (Å²) < 4.78 is 20.4. The molecule has 140 valence electrons. The largest absolute Gasteiger partial charge is 0.468 e. The summed E-state index contributed by atoms with van der Waals surface area (Å²) in [7, 11) is 1.32. The number of methoxy groups -OCH3 is 1. The quantitative estimate of drug-likeness (QED) is 0.647. The Bertz CT molecular complexity index is 1080. The number of aryl methyl sites for hydroxylation is 2. The minimum absolute atomic E-state index is 0.0261. The van der Waals surface area contributed by atoms with Gasteiger partial charge in [-0.15, -0.1) is 0 Å². The number of hydrogen-bond donors (Lipinski definition) is 0. The molecule has 0 unspecified atom stereocenters. The van der Waals surface area contributed by atoms with Crippen molar-refractivity contribution in [3.63, 3.8) is 0 Å². The molecule has 0 radical (unpaired) electrons. The van der Waals surface area contributed by atoms with Crippen LogP contribution in [0.25, 0.3) is 10.2 Å². The first kappa shape index (κ1) is 19.0. The van der Waals surface area contributed by atoms with Crippen molar-refractivity contribution < 1.29 is 18.7 Å². The zero-order valence-corrected chi connectivity index (χ0v) is 16.1. The third kappa shape index (κ3) is 4.31. The van der Waals surface area contributed by atoms with Crippen molar-refractivity contribution in [2.45, 2.75) is 26.8 Å². The summed E-state index contributed by atoms with van der Waals surface area (Å²) in [5, 5.41) is 0. The van der Waals surface area contributed by atoms with E-state index in [1.54, 1.807) is 16.7 Å². The van der Waals surface area contributed by atoms with Gasteiger partial charge in [-0.25, -0.2) is 4.39 Å². The lowest BCUT2D eigenvalue weighted by Gasteiger charge is -2.05. The number of fused-ring (bicyclic) bond motifs is 1. The third-order valence-electron chi connectivity index (χ3n) is 4.30. The van der Waals surface area contributed by atoms with Crippen LogP contribution in [0.5, 0.6) is 0 Å². The predicted octanol–water partition coefficient (Wildman–Crippen LogP) is 3.30. The van der Waals surface area contributed by atoms with Crippen molar-refractivity contribution in [3.8, 4) is 0 Å². The number of ether oxygens (including phenoxy) is 1. The van der Waals surface area contributed by atoms with E-state index in [-0.39, 0.29) is 24.7 Å². The lowest BCUT2D eigenvalue weighted by molar-refractivity contribution is -0.141. The zero-order chi connectivity index (χ0) is 19.6. The number of carbonyl (C=O) groups excluding carboxylic acids is 2. The lowest BCUT2D eigenvalue weighted by Crippen LogP contribution is -2.22. The van der Waals surface area contributed by atoms with Crippen LogP contribution in [0.2, 0.25) is 0 Å². The molecule has 1 amide bonds. The van der Waals surface area contributed by atoms with Gasteiger partial charge < -0.3 is 9.30 Å². The summed E-state index contributed by atoms with van der Waals surface area (Å²) in [5.74, 6) is -1.13. The Morgan fingerprint density at radius 3 is 2.48 bits per heavy atom. The molecule has 0 aliphatic carbocycles. The predicted molar refractivity (Wildman–Crippen MR) is 102 cm³/mol. The van der Waals surface area contributed by atoms with Crippen LogP contribution in [0.15, 0.2) is 41.4 Å². The number of halogens is 1. The molecular formula is C20H19FN2O3S. The SMILES string of the molecule is COC(=O)Cn1c(=NC(=O)Cc2ccc(F)cc2)sc2cc(C)c(C)cc21. The van der Waals surface area contributed by atoms with Gasteiger partial charge in [-0.1, -0.05) is 23.5 Å². The Hall–Kier alpha value is -2.80. The normalized spacial score (nSPS) is 11.8. The van der Waals surface area contributed by atoms with Crippen molar-refractivity contribution in [1.82, 2.24) is 4.57 Å². The first-order chi connectivity index (χ1) is 12.9. The monoisotopic (exact) mass is 386 g/mol. The highest BCUT2D eigenvalue weighted by Crippen LogP contribution is 2.22. The maximum atomic E-state index is 13.0. The van der Waals surface area contributed by atoms with E-state index in [2.05, 4.69) is 4.99 Å². The van der Waals surface area contributed by atoms with Gasteiger partial charge in [0.15, 0.2) is 4.80 Å². The van der Waals surface area contributed by atoms with E-state index in [1.807, 2.05) is 26.0 Å². The number of carbonyl (C=O) groups is 2. The van der Waals surface area contributed by atoms with E-state index in [0.29, 0.717) is 10.4 Å². The fourth-order valence-corrected chi connectivity index (χ4v) is 3.80. The standard InChI is InChI=1S/C20H19FN2O3S/c1-12-8-16-17(9-13(12)2)27-20(23(16)11-19(25)26-3)22-18(24)10-14-4-6-15(21)7-5-14/h4-9H,10-11H2,1-3H3. The first-order valence-electron chi connectivity index (χ1n) is 8.37. The molecule has 1 heterocycles. The van der Waals surface area contributed by atoms with Crippen LogP contribution in [0, 0.1) is 19.7 Å². The number of amides is 1. The Morgan fingerprint density at radius 1 is 1.15 bits per heavy atom. The fourth-order valence-electron chi connectivity index (χ4n) is 2.68. The van der Waals surface area contributed by atoms with Gasteiger partial charge in [-0.3, -0.25) is 9.59 Å². The molecule has 0 spiro atoms. The summed E-state index contributed by atoms with van der Waals surface area (Å²) in [6.07, 6.45) is 0.0603. The summed E-state index contributed by atoms with van der Waals surface area (Å²) in [6.45, 7) is 3.97. The van der Waals surface area contributed by atoms with Crippen molar-refractivity contribution in [3.05, 3.63) is 63.7 Å². The summed E-state index contributed by atoms with van der Waals surface area (Å²) in [6, 6.07) is 9.74. The molecule has 0 bridgehead atoms. The zero-order valence-electron chi connectivity index (χ0n) is 15.3. The van der Waals surface area contributed by atoms with Gasteiger partial charge in [0.1, 0.15) is 12.4 Å². The molecule has 3 aromatic rings. The molecule has 0 aliphatic rings. The van der Waals surface area contributed by atoms with Crippen LogP contribution in [-0.4, -0.2) is 23.6 Å². The van der Waals surface area contributed by atoms with E-state index >= 15 is 0 Å². The maximum Gasteiger partial charge on any atom is 0.325 e. The van der Waals surface area contributed by atoms with Crippen molar-refractivity contribution in [2.24, 2.45) is 4.99 Å². The fraction of sp³-hybridized carbons (Fsp3) is 0.250. The second-order valence-electron chi connectivity index (χ2n) is 6.26. The van der Waals surface area contributed by atoms with Crippen molar-refractivity contribution in [1.29, 1.82) is 0 Å². The molecule has 0 atom stereocenters. The number of nitrogens with zero attached hydrogens (tertiary/aromatic N) is 2. The highest BCUT2D eigenvalue weighted by atomic mass is 32.1. The lowest BCUT2D eigenvalue weighted by atomic mass is 10.1. The molecule has 27 heavy (non-hydrogen) atoms. The highest BCUT2D eigenvalue weighted by Gasteiger charge is 2.13. The average Bonchev–Trinajstić information content (AvgIpc) is 2.93. The van der Waals surface area contributed by atoms with Crippen LogP contribution in [0.3, 0.4) is 0 Å².